The van der Waals surface area contributed by atoms with Gasteiger partial charge in [0.1, 0.15) is 11.6 Å². The van der Waals surface area contributed by atoms with Gasteiger partial charge in [-0.1, -0.05) is 0 Å². The summed E-state index contributed by atoms with van der Waals surface area (Å²) in [5.74, 6) is -1.03. The van der Waals surface area contributed by atoms with E-state index in [1.165, 1.54) is 6.07 Å². The molecule has 11 heteroatoms. The first-order chi connectivity index (χ1) is 12.7. The molecular formula is C17H18F6N4O. The van der Waals surface area contributed by atoms with E-state index < -0.39 is 34.9 Å². The van der Waals surface area contributed by atoms with Gasteiger partial charge in [-0.15, -0.1) is 0 Å². The quantitative estimate of drug-likeness (QED) is 0.657. The van der Waals surface area contributed by atoms with Crippen LogP contribution in [0.25, 0.3) is 0 Å². The second-order valence-electron chi connectivity index (χ2n) is 6.87. The van der Waals surface area contributed by atoms with Crippen LogP contribution in [0.3, 0.4) is 0 Å². The molecule has 1 aromatic heterocycles. The van der Waals surface area contributed by atoms with Crippen LogP contribution in [-0.4, -0.2) is 22.6 Å². The Morgan fingerprint density at radius 1 is 0.893 bits per heavy atom. The van der Waals surface area contributed by atoms with Gasteiger partial charge in [-0.05, 0) is 39.0 Å². The van der Waals surface area contributed by atoms with E-state index in [0.717, 1.165) is 19.2 Å². The summed E-state index contributed by atoms with van der Waals surface area (Å²) >= 11 is 0. The predicted octanol–water partition coefficient (Wildman–Crippen LogP) is 5.48. The van der Waals surface area contributed by atoms with Crippen LogP contribution in [0.1, 0.15) is 32.0 Å². The number of anilines is 3. The van der Waals surface area contributed by atoms with Crippen LogP contribution in [0.4, 0.5) is 43.8 Å². The Balaban J connectivity index is 2.46. The van der Waals surface area contributed by atoms with Gasteiger partial charge in [-0.2, -0.15) is 31.3 Å². The SMILES string of the molecule is COc1ccc(Nc2cc(C(F)(F)F)nc(NC(C)(C)C)n2)cc1C(F)(F)F. The summed E-state index contributed by atoms with van der Waals surface area (Å²) in [7, 11) is 1.09. The van der Waals surface area contributed by atoms with Crippen molar-refractivity contribution in [1.29, 1.82) is 0 Å². The fourth-order valence-corrected chi connectivity index (χ4v) is 2.20. The lowest BCUT2D eigenvalue weighted by Gasteiger charge is -2.22. The van der Waals surface area contributed by atoms with Gasteiger partial charge < -0.3 is 15.4 Å². The molecule has 2 aromatic rings. The molecule has 5 nitrogen and oxygen atoms in total. The third kappa shape index (κ3) is 5.64. The molecule has 0 unspecified atom stereocenters. The zero-order valence-corrected chi connectivity index (χ0v) is 15.4. The van der Waals surface area contributed by atoms with Gasteiger partial charge in [0.25, 0.3) is 0 Å². The molecule has 154 valence electrons. The highest BCUT2D eigenvalue weighted by atomic mass is 19.4. The predicted molar refractivity (Wildman–Crippen MR) is 91.7 cm³/mol. The minimum Gasteiger partial charge on any atom is -0.496 e. The molecule has 0 aliphatic carbocycles. The van der Waals surface area contributed by atoms with Crippen molar-refractivity contribution < 1.29 is 31.1 Å². The Morgan fingerprint density at radius 3 is 2.04 bits per heavy atom. The average Bonchev–Trinajstić information content (AvgIpc) is 2.51. The molecule has 0 aliphatic heterocycles. The highest BCUT2D eigenvalue weighted by Crippen LogP contribution is 2.38. The molecule has 0 spiro atoms. The smallest absolute Gasteiger partial charge is 0.433 e. The fourth-order valence-electron chi connectivity index (χ4n) is 2.20. The Labute approximate surface area is 157 Å². The maximum Gasteiger partial charge on any atom is 0.433 e. The van der Waals surface area contributed by atoms with Crippen molar-refractivity contribution in [2.45, 2.75) is 38.7 Å². The van der Waals surface area contributed by atoms with Crippen molar-refractivity contribution in [1.82, 2.24) is 9.97 Å². The van der Waals surface area contributed by atoms with Crippen molar-refractivity contribution in [3.05, 3.63) is 35.5 Å². The molecule has 0 atom stereocenters. The van der Waals surface area contributed by atoms with Crippen LogP contribution >= 0.6 is 0 Å². The van der Waals surface area contributed by atoms with Crippen LogP contribution in [-0.2, 0) is 12.4 Å². The topological polar surface area (TPSA) is 59.1 Å². The highest BCUT2D eigenvalue weighted by Gasteiger charge is 2.35. The van der Waals surface area contributed by atoms with E-state index in [2.05, 4.69) is 25.3 Å². The minimum atomic E-state index is -4.76. The zero-order chi connectivity index (χ0) is 21.3. The summed E-state index contributed by atoms with van der Waals surface area (Å²) in [6, 6.07) is 3.64. The maximum atomic E-state index is 13.1. The maximum absolute atomic E-state index is 13.1. The number of hydrogen-bond donors (Lipinski definition) is 2. The van der Waals surface area contributed by atoms with E-state index in [1.807, 2.05) is 0 Å². The molecule has 0 fully saturated rings. The van der Waals surface area contributed by atoms with Crippen LogP contribution in [0.2, 0.25) is 0 Å². The van der Waals surface area contributed by atoms with Gasteiger partial charge in [0.2, 0.25) is 5.95 Å². The molecule has 0 bridgehead atoms. The average molecular weight is 408 g/mol. The Bertz CT molecular complexity index is 843. The van der Waals surface area contributed by atoms with Crippen molar-refractivity contribution >= 4 is 17.5 Å². The second kappa shape index (κ2) is 7.36. The number of methoxy groups -OCH3 is 1. The number of hydrogen-bond acceptors (Lipinski definition) is 5. The van der Waals surface area contributed by atoms with E-state index in [-0.39, 0.29) is 17.5 Å². The highest BCUT2D eigenvalue weighted by molar-refractivity contribution is 5.61. The van der Waals surface area contributed by atoms with Crippen LogP contribution < -0.4 is 15.4 Å². The van der Waals surface area contributed by atoms with Gasteiger partial charge in [-0.3, -0.25) is 0 Å². The lowest BCUT2D eigenvalue weighted by Crippen LogP contribution is -2.28. The van der Waals surface area contributed by atoms with Gasteiger partial charge >= 0.3 is 12.4 Å². The number of halogens is 6. The fraction of sp³-hybridized carbons (Fsp3) is 0.412. The summed E-state index contributed by atoms with van der Waals surface area (Å²) in [5.41, 5.74) is -3.05. The minimum absolute atomic E-state index is 0.110. The van der Waals surface area contributed by atoms with Gasteiger partial charge in [0.15, 0.2) is 5.69 Å². The summed E-state index contributed by atoms with van der Waals surface area (Å²) in [5, 5.41) is 5.17. The summed E-state index contributed by atoms with van der Waals surface area (Å²) < 4.78 is 83.5. The lowest BCUT2D eigenvalue weighted by molar-refractivity contribution is -0.141. The first-order valence-corrected chi connectivity index (χ1v) is 7.96. The molecule has 2 N–H and O–H groups in total. The molecule has 0 radical (unpaired) electrons. The second-order valence-corrected chi connectivity index (χ2v) is 6.87. The normalized spacial score (nSPS) is 12.6. The first kappa shape index (κ1) is 21.6. The zero-order valence-electron chi connectivity index (χ0n) is 15.4. The molecule has 0 aliphatic rings. The number of nitrogens with one attached hydrogen (secondary N) is 2. The number of aromatic nitrogens is 2. The third-order valence-corrected chi connectivity index (χ3v) is 3.28. The standard InChI is InChI=1S/C17H18F6N4O/c1-15(2,3)27-14-25-12(17(21,22)23)8-13(26-14)24-9-5-6-11(28-4)10(7-9)16(18,19)20/h5-8H,1-4H3,(H2,24,25,26,27). The Hall–Kier alpha value is -2.72. The van der Waals surface area contributed by atoms with Crippen molar-refractivity contribution in [3.63, 3.8) is 0 Å². The molecular weight excluding hydrogens is 390 g/mol. The summed E-state index contributed by atoms with van der Waals surface area (Å²) in [6.07, 6.45) is -9.46. The number of nitrogens with zero attached hydrogens (tertiary/aromatic N) is 2. The molecule has 1 heterocycles. The van der Waals surface area contributed by atoms with Crippen LogP contribution in [0, 0.1) is 0 Å². The van der Waals surface area contributed by atoms with E-state index >= 15 is 0 Å². The first-order valence-electron chi connectivity index (χ1n) is 7.96. The Kier molecular flexibility index (Phi) is 5.67. The monoisotopic (exact) mass is 408 g/mol. The van der Waals surface area contributed by atoms with Gasteiger partial charge in [0, 0.05) is 17.3 Å². The van der Waals surface area contributed by atoms with E-state index in [0.29, 0.717) is 6.07 Å². The van der Waals surface area contributed by atoms with Gasteiger partial charge in [0.05, 0.1) is 12.7 Å². The largest absolute Gasteiger partial charge is 0.496 e. The molecule has 28 heavy (non-hydrogen) atoms. The lowest BCUT2D eigenvalue weighted by atomic mass is 10.1. The molecule has 0 saturated heterocycles. The molecule has 2 rings (SSSR count). The van der Waals surface area contributed by atoms with Crippen LogP contribution in [0.5, 0.6) is 5.75 Å². The Morgan fingerprint density at radius 2 is 1.54 bits per heavy atom. The van der Waals surface area contributed by atoms with Crippen molar-refractivity contribution in [2.24, 2.45) is 0 Å². The number of rotatable bonds is 4. The summed E-state index contributed by atoms with van der Waals surface area (Å²) in [6.45, 7) is 5.09. The van der Waals surface area contributed by atoms with Crippen molar-refractivity contribution in [2.75, 3.05) is 17.7 Å². The molecule has 1 aromatic carbocycles. The van der Waals surface area contributed by atoms with E-state index in [1.54, 1.807) is 20.8 Å². The van der Waals surface area contributed by atoms with E-state index in [4.69, 9.17) is 0 Å². The number of benzene rings is 1. The molecule has 0 amide bonds. The molecule has 0 saturated carbocycles. The van der Waals surface area contributed by atoms with E-state index in [9.17, 15) is 26.3 Å². The van der Waals surface area contributed by atoms with Crippen LogP contribution in [0.15, 0.2) is 24.3 Å². The van der Waals surface area contributed by atoms with Gasteiger partial charge in [-0.25, -0.2) is 4.98 Å². The summed E-state index contributed by atoms with van der Waals surface area (Å²) in [4.78, 5) is 7.34. The number of ether oxygens (including phenoxy) is 1. The third-order valence-electron chi connectivity index (χ3n) is 3.28. The number of alkyl halides is 6. The van der Waals surface area contributed by atoms with Crippen molar-refractivity contribution in [3.8, 4) is 5.75 Å².